The largest absolute Gasteiger partial charge is 0.347 e. The third-order valence-electron chi connectivity index (χ3n) is 3.22. The lowest BCUT2D eigenvalue weighted by Crippen LogP contribution is -2.27. The lowest BCUT2D eigenvalue weighted by Gasteiger charge is -2.16. The van der Waals surface area contributed by atoms with Crippen LogP contribution in [0.25, 0.3) is 0 Å². The number of aromatic nitrogens is 1. The Labute approximate surface area is 140 Å². The normalized spacial score (nSPS) is 11.1. The van der Waals surface area contributed by atoms with E-state index in [1.165, 1.54) is 11.3 Å². The highest BCUT2D eigenvalue weighted by atomic mass is 32.1. The van der Waals surface area contributed by atoms with E-state index < -0.39 is 5.41 Å². The molecule has 0 radical (unpaired) electrons. The van der Waals surface area contributed by atoms with Crippen LogP contribution in [0.15, 0.2) is 30.6 Å². The monoisotopic (exact) mass is 331 g/mol. The summed E-state index contributed by atoms with van der Waals surface area (Å²) in [6.07, 6.45) is 3.41. The van der Waals surface area contributed by atoms with Crippen LogP contribution in [0, 0.1) is 12.3 Å². The summed E-state index contributed by atoms with van der Waals surface area (Å²) in [4.78, 5) is 29.0. The number of thiophene rings is 1. The number of nitrogens with zero attached hydrogens (tertiary/aromatic N) is 1. The lowest BCUT2D eigenvalue weighted by atomic mass is 9.96. The SMILES string of the molecule is Cc1cc(NC(=O)C(C)(C)C)sc1C(=O)NCc1cccnc1. The van der Waals surface area contributed by atoms with Crippen molar-refractivity contribution in [3.8, 4) is 0 Å². The van der Waals surface area contributed by atoms with Crippen molar-refractivity contribution in [2.75, 3.05) is 5.32 Å². The highest BCUT2D eigenvalue weighted by Gasteiger charge is 2.23. The number of hydrogen-bond acceptors (Lipinski definition) is 4. The molecule has 0 aliphatic heterocycles. The predicted octanol–water partition coefficient (Wildman–Crippen LogP) is 3.37. The van der Waals surface area contributed by atoms with Gasteiger partial charge in [-0.15, -0.1) is 11.3 Å². The van der Waals surface area contributed by atoms with E-state index in [1.54, 1.807) is 12.4 Å². The number of amides is 2. The van der Waals surface area contributed by atoms with Gasteiger partial charge in [-0.05, 0) is 30.2 Å². The molecule has 0 fully saturated rings. The van der Waals surface area contributed by atoms with Gasteiger partial charge in [0.15, 0.2) is 0 Å². The fraction of sp³-hybridized carbons (Fsp3) is 0.353. The number of anilines is 1. The van der Waals surface area contributed by atoms with Gasteiger partial charge in [-0.3, -0.25) is 14.6 Å². The quantitative estimate of drug-likeness (QED) is 0.902. The first-order valence-corrected chi connectivity index (χ1v) is 8.18. The maximum atomic E-state index is 12.3. The van der Waals surface area contributed by atoms with Gasteiger partial charge in [-0.1, -0.05) is 26.8 Å². The number of hydrogen-bond donors (Lipinski definition) is 2. The van der Waals surface area contributed by atoms with Gasteiger partial charge in [0, 0.05) is 24.4 Å². The molecule has 0 bridgehead atoms. The number of carbonyl (C=O) groups excluding carboxylic acids is 2. The van der Waals surface area contributed by atoms with Gasteiger partial charge in [0.2, 0.25) is 5.91 Å². The highest BCUT2D eigenvalue weighted by molar-refractivity contribution is 7.18. The van der Waals surface area contributed by atoms with Crippen molar-refractivity contribution >= 4 is 28.2 Å². The molecule has 2 amide bonds. The van der Waals surface area contributed by atoms with Crippen molar-refractivity contribution in [2.24, 2.45) is 5.41 Å². The molecule has 0 aromatic carbocycles. The summed E-state index contributed by atoms with van der Waals surface area (Å²) in [5.41, 5.74) is 1.32. The minimum atomic E-state index is -0.472. The van der Waals surface area contributed by atoms with Crippen LogP contribution < -0.4 is 10.6 Å². The molecule has 0 atom stereocenters. The smallest absolute Gasteiger partial charge is 0.261 e. The van der Waals surface area contributed by atoms with Crippen molar-refractivity contribution in [1.29, 1.82) is 0 Å². The summed E-state index contributed by atoms with van der Waals surface area (Å²) in [7, 11) is 0. The standard InChI is InChI=1S/C17H21N3O2S/c1-11-8-13(20-16(22)17(2,3)4)23-14(11)15(21)19-10-12-6-5-7-18-9-12/h5-9H,10H2,1-4H3,(H,19,21)(H,20,22). The number of pyridine rings is 1. The summed E-state index contributed by atoms with van der Waals surface area (Å²) in [6.45, 7) is 7.84. The van der Waals surface area contributed by atoms with E-state index in [0.717, 1.165) is 11.1 Å². The molecule has 122 valence electrons. The molecule has 6 heteroatoms. The minimum absolute atomic E-state index is 0.0685. The van der Waals surface area contributed by atoms with Crippen molar-refractivity contribution in [3.63, 3.8) is 0 Å². The van der Waals surface area contributed by atoms with Gasteiger partial charge in [0.05, 0.1) is 9.88 Å². The van der Waals surface area contributed by atoms with Crippen molar-refractivity contribution < 1.29 is 9.59 Å². The number of nitrogens with one attached hydrogen (secondary N) is 2. The van der Waals surface area contributed by atoms with Crippen molar-refractivity contribution in [1.82, 2.24) is 10.3 Å². The average molecular weight is 331 g/mol. The molecule has 0 spiro atoms. The van der Waals surface area contributed by atoms with Crippen LogP contribution in [-0.2, 0) is 11.3 Å². The van der Waals surface area contributed by atoms with Gasteiger partial charge < -0.3 is 10.6 Å². The Kier molecular flexibility index (Phi) is 5.15. The minimum Gasteiger partial charge on any atom is -0.347 e. The van der Waals surface area contributed by atoms with Crippen LogP contribution in [0.5, 0.6) is 0 Å². The van der Waals surface area contributed by atoms with Gasteiger partial charge in [0.25, 0.3) is 5.91 Å². The molecular formula is C17H21N3O2S. The molecule has 5 nitrogen and oxygen atoms in total. The third-order valence-corrected chi connectivity index (χ3v) is 4.37. The first-order chi connectivity index (χ1) is 10.8. The summed E-state index contributed by atoms with van der Waals surface area (Å²) in [6, 6.07) is 5.56. The Balaban J connectivity index is 2.02. The van der Waals surface area contributed by atoms with Crippen LogP contribution >= 0.6 is 11.3 Å². The molecule has 2 heterocycles. The zero-order valence-corrected chi connectivity index (χ0v) is 14.6. The summed E-state index contributed by atoms with van der Waals surface area (Å²) >= 11 is 1.29. The van der Waals surface area contributed by atoms with Gasteiger partial charge in [-0.25, -0.2) is 0 Å². The second kappa shape index (κ2) is 6.91. The molecule has 0 saturated carbocycles. The topological polar surface area (TPSA) is 71.1 Å². The maximum absolute atomic E-state index is 12.3. The second-order valence-corrected chi connectivity index (χ2v) is 7.42. The zero-order valence-electron chi connectivity index (χ0n) is 13.8. The van der Waals surface area contributed by atoms with Crippen LogP contribution in [0.4, 0.5) is 5.00 Å². The molecule has 2 N–H and O–H groups in total. The first-order valence-electron chi connectivity index (χ1n) is 7.36. The molecule has 0 aliphatic rings. The Morgan fingerprint density at radius 3 is 2.65 bits per heavy atom. The van der Waals surface area contributed by atoms with Crippen LogP contribution in [0.1, 0.15) is 41.6 Å². The van der Waals surface area contributed by atoms with E-state index in [9.17, 15) is 9.59 Å². The van der Waals surface area contributed by atoms with Crippen molar-refractivity contribution in [2.45, 2.75) is 34.2 Å². The Hall–Kier alpha value is -2.21. The van der Waals surface area contributed by atoms with Crippen LogP contribution in [-0.4, -0.2) is 16.8 Å². The molecule has 0 unspecified atom stereocenters. The van der Waals surface area contributed by atoms with Crippen LogP contribution in [0.2, 0.25) is 0 Å². The summed E-state index contributed by atoms with van der Waals surface area (Å²) in [5.74, 6) is -0.214. The molecular weight excluding hydrogens is 310 g/mol. The Morgan fingerprint density at radius 2 is 2.04 bits per heavy atom. The second-order valence-electron chi connectivity index (χ2n) is 6.37. The number of rotatable bonds is 4. The van der Waals surface area contributed by atoms with E-state index in [1.807, 2.05) is 45.9 Å². The Bertz CT molecular complexity index is 702. The molecule has 23 heavy (non-hydrogen) atoms. The number of carbonyl (C=O) groups is 2. The van der Waals surface area contributed by atoms with E-state index in [4.69, 9.17) is 0 Å². The molecule has 0 saturated heterocycles. The fourth-order valence-corrected chi connectivity index (χ4v) is 2.82. The lowest BCUT2D eigenvalue weighted by molar-refractivity contribution is -0.123. The Morgan fingerprint density at radius 1 is 1.30 bits per heavy atom. The molecule has 2 aromatic heterocycles. The average Bonchev–Trinajstić information content (AvgIpc) is 2.85. The van der Waals surface area contributed by atoms with E-state index in [-0.39, 0.29) is 11.8 Å². The summed E-state index contributed by atoms with van der Waals surface area (Å²) < 4.78 is 0. The van der Waals surface area contributed by atoms with Gasteiger partial charge in [-0.2, -0.15) is 0 Å². The van der Waals surface area contributed by atoms with Crippen LogP contribution in [0.3, 0.4) is 0 Å². The zero-order chi connectivity index (χ0) is 17.0. The van der Waals surface area contributed by atoms with E-state index in [2.05, 4.69) is 15.6 Å². The maximum Gasteiger partial charge on any atom is 0.261 e. The fourth-order valence-electron chi connectivity index (χ4n) is 1.83. The van der Waals surface area contributed by atoms with Gasteiger partial charge in [0.1, 0.15) is 0 Å². The first kappa shape index (κ1) is 17.1. The highest BCUT2D eigenvalue weighted by Crippen LogP contribution is 2.28. The van der Waals surface area contributed by atoms with E-state index >= 15 is 0 Å². The van der Waals surface area contributed by atoms with Gasteiger partial charge >= 0.3 is 0 Å². The van der Waals surface area contributed by atoms with E-state index in [0.29, 0.717) is 16.4 Å². The number of aryl methyl sites for hydroxylation is 1. The molecule has 0 aliphatic carbocycles. The predicted molar refractivity (Wildman–Crippen MR) is 92.5 cm³/mol. The third kappa shape index (κ3) is 4.63. The summed E-state index contributed by atoms with van der Waals surface area (Å²) in [5, 5.41) is 6.42. The molecule has 2 rings (SSSR count). The van der Waals surface area contributed by atoms with Crippen molar-refractivity contribution in [3.05, 3.63) is 46.6 Å². The molecule has 2 aromatic rings.